The average Bonchev–Trinajstić information content (AvgIpc) is 2.87. The van der Waals surface area contributed by atoms with Gasteiger partial charge in [0.05, 0.1) is 0 Å². The fourth-order valence-electron chi connectivity index (χ4n) is 4.24. The summed E-state index contributed by atoms with van der Waals surface area (Å²) in [5.41, 5.74) is -0.0593. The molecule has 3 aliphatic rings. The smallest absolute Gasteiger partial charge is 0.410 e. The van der Waals surface area contributed by atoms with E-state index in [-0.39, 0.29) is 24.3 Å². The molecular formula is C20H24N2O6. The van der Waals surface area contributed by atoms with Crippen LogP contribution in [0.1, 0.15) is 32.3 Å². The zero-order chi connectivity index (χ0) is 19.9. The van der Waals surface area contributed by atoms with Crippen LogP contribution >= 0.6 is 0 Å². The van der Waals surface area contributed by atoms with Crippen molar-refractivity contribution < 1.29 is 28.6 Å². The topological polar surface area (TPSA) is 94.2 Å². The zero-order valence-electron chi connectivity index (χ0n) is 15.9. The molecule has 28 heavy (non-hydrogen) atoms. The van der Waals surface area contributed by atoms with Gasteiger partial charge in [-0.3, -0.25) is 9.59 Å². The molecule has 150 valence electrons. The second-order valence-corrected chi connectivity index (χ2v) is 7.66. The molecule has 8 nitrogen and oxygen atoms in total. The van der Waals surface area contributed by atoms with Crippen LogP contribution in [-0.2, 0) is 30.4 Å². The average molecular weight is 388 g/mol. The molecule has 0 bridgehead atoms. The molecule has 3 fully saturated rings. The van der Waals surface area contributed by atoms with Gasteiger partial charge in [0.25, 0.3) is 0 Å². The number of rotatable bonds is 3. The van der Waals surface area contributed by atoms with Gasteiger partial charge < -0.3 is 24.4 Å². The minimum atomic E-state index is -0.969. The van der Waals surface area contributed by atoms with Crippen molar-refractivity contribution in [1.29, 1.82) is 0 Å². The van der Waals surface area contributed by atoms with Gasteiger partial charge in [0.1, 0.15) is 18.1 Å². The molecule has 0 saturated carbocycles. The summed E-state index contributed by atoms with van der Waals surface area (Å²) in [7, 11) is 0. The summed E-state index contributed by atoms with van der Waals surface area (Å²) in [6.45, 7) is 4.09. The Balaban J connectivity index is 1.37. The third-order valence-corrected chi connectivity index (χ3v) is 5.72. The number of amides is 2. The van der Waals surface area contributed by atoms with Crippen molar-refractivity contribution in [2.45, 2.75) is 57.5 Å². The van der Waals surface area contributed by atoms with Crippen molar-refractivity contribution in [2.24, 2.45) is 5.92 Å². The Bertz CT molecular complexity index is 778. The summed E-state index contributed by atoms with van der Waals surface area (Å²) in [5, 5.41) is 2.85. The molecule has 1 N–H and O–H groups in total. The van der Waals surface area contributed by atoms with Crippen LogP contribution in [0.4, 0.5) is 4.79 Å². The number of carbonyl (C=O) groups is 3. The van der Waals surface area contributed by atoms with E-state index in [0.717, 1.165) is 5.56 Å². The highest BCUT2D eigenvalue weighted by atomic mass is 16.9. The molecule has 3 aliphatic heterocycles. The highest BCUT2D eigenvalue weighted by Gasteiger charge is 2.59. The fraction of sp³-hybridized carbons (Fsp3) is 0.550. The van der Waals surface area contributed by atoms with Crippen LogP contribution < -0.4 is 5.32 Å². The maximum Gasteiger partial charge on any atom is 0.410 e. The van der Waals surface area contributed by atoms with E-state index in [4.69, 9.17) is 14.2 Å². The number of ether oxygens (including phenoxy) is 3. The molecule has 4 rings (SSSR count). The molecule has 0 aromatic heterocycles. The molecule has 1 aromatic rings. The van der Waals surface area contributed by atoms with E-state index in [0.29, 0.717) is 19.4 Å². The third-order valence-electron chi connectivity index (χ3n) is 5.72. The lowest BCUT2D eigenvalue weighted by Gasteiger charge is -2.42. The highest BCUT2D eigenvalue weighted by molar-refractivity contribution is 6.13. The van der Waals surface area contributed by atoms with Gasteiger partial charge in [-0.05, 0) is 32.3 Å². The van der Waals surface area contributed by atoms with Gasteiger partial charge >= 0.3 is 6.09 Å². The summed E-state index contributed by atoms with van der Waals surface area (Å²) >= 11 is 0. The molecule has 1 aromatic carbocycles. The van der Waals surface area contributed by atoms with Crippen LogP contribution in [-0.4, -0.2) is 53.4 Å². The van der Waals surface area contributed by atoms with Crippen molar-refractivity contribution in [3.05, 3.63) is 35.9 Å². The quantitative estimate of drug-likeness (QED) is 0.790. The highest BCUT2D eigenvalue weighted by Crippen LogP contribution is 2.38. The molecular weight excluding hydrogens is 364 g/mol. The van der Waals surface area contributed by atoms with Crippen molar-refractivity contribution in [3.63, 3.8) is 0 Å². The van der Waals surface area contributed by atoms with Crippen LogP contribution in [0.15, 0.2) is 30.3 Å². The number of nitrogens with one attached hydrogen (secondary N) is 1. The van der Waals surface area contributed by atoms with E-state index in [9.17, 15) is 14.4 Å². The second kappa shape index (κ2) is 7.18. The Kier molecular flexibility index (Phi) is 4.84. The second-order valence-electron chi connectivity index (χ2n) is 7.66. The van der Waals surface area contributed by atoms with Crippen molar-refractivity contribution in [3.8, 4) is 0 Å². The Morgan fingerprint density at radius 3 is 2.61 bits per heavy atom. The number of ketones is 1. The van der Waals surface area contributed by atoms with Gasteiger partial charge in [0, 0.05) is 12.6 Å². The molecule has 3 saturated heterocycles. The van der Waals surface area contributed by atoms with E-state index < -0.39 is 30.1 Å². The standard InChI is InChI=1S/C20H24N2O6/c1-12-10-20(16(23)15(17(24)21-20)18-27-13(2)28-18)8-9-22(12)19(25)26-11-14-6-4-3-5-7-14/h3-7,12-13,15,18H,8-11H2,1-2H3,(H,21,24)/t12-,13?,15?,18?,20+/m0/s1. The first kappa shape index (κ1) is 18.9. The molecule has 1 spiro atoms. The molecule has 0 radical (unpaired) electrons. The van der Waals surface area contributed by atoms with Gasteiger partial charge in [-0.2, -0.15) is 0 Å². The first-order valence-corrected chi connectivity index (χ1v) is 9.54. The van der Waals surface area contributed by atoms with Crippen molar-refractivity contribution in [1.82, 2.24) is 10.2 Å². The van der Waals surface area contributed by atoms with Crippen molar-refractivity contribution in [2.75, 3.05) is 6.54 Å². The SMILES string of the molecule is CC1OC(C2C(=O)N[C@@]3(CCN(C(=O)OCc4ccccc4)[C@@H](C)C3)C2=O)O1. The summed E-state index contributed by atoms with van der Waals surface area (Å²) in [6, 6.07) is 9.20. The van der Waals surface area contributed by atoms with Crippen LogP contribution in [0.25, 0.3) is 0 Å². The molecule has 8 heteroatoms. The number of benzene rings is 1. The lowest BCUT2D eigenvalue weighted by Crippen LogP contribution is -2.59. The number of likely N-dealkylation sites (tertiary alicyclic amines) is 1. The summed E-state index contributed by atoms with van der Waals surface area (Å²) in [5.74, 6) is -1.52. The lowest BCUT2D eigenvalue weighted by atomic mass is 9.79. The number of nitrogens with zero attached hydrogens (tertiary/aromatic N) is 1. The Labute approximate surface area is 163 Å². The fourth-order valence-corrected chi connectivity index (χ4v) is 4.24. The molecule has 3 heterocycles. The molecule has 0 aliphatic carbocycles. The third kappa shape index (κ3) is 3.27. The van der Waals surface area contributed by atoms with Crippen LogP contribution in [0.5, 0.6) is 0 Å². The lowest BCUT2D eigenvalue weighted by molar-refractivity contribution is -0.383. The maximum absolute atomic E-state index is 13.0. The molecule has 2 amide bonds. The number of piperidine rings is 1. The van der Waals surface area contributed by atoms with E-state index in [1.807, 2.05) is 37.3 Å². The summed E-state index contributed by atoms with van der Waals surface area (Å²) in [6.07, 6.45) is -0.940. The van der Waals surface area contributed by atoms with Crippen LogP contribution in [0.3, 0.4) is 0 Å². The predicted octanol–water partition coefficient (Wildman–Crippen LogP) is 1.58. The number of hydrogen-bond donors (Lipinski definition) is 1. The van der Waals surface area contributed by atoms with E-state index in [1.54, 1.807) is 11.8 Å². The van der Waals surface area contributed by atoms with Crippen LogP contribution in [0, 0.1) is 5.92 Å². The molecule has 3 atom stereocenters. The monoisotopic (exact) mass is 388 g/mol. The van der Waals surface area contributed by atoms with Gasteiger partial charge in [-0.25, -0.2) is 4.79 Å². The maximum atomic E-state index is 13.0. The summed E-state index contributed by atoms with van der Waals surface area (Å²) < 4.78 is 16.1. The van der Waals surface area contributed by atoms with Crippen molar-refractivity contribution >= 4 is 17.8 Å². The minimum Gasteiger partial charge on any atom is -0.445 e. The van der Waals surface area contributed by atoms with E-state index in [1.165, 1.54) is 0 Å². The van der Waals surface area contributed by atoms with E-state index >= 15 is 0 Å². The Morgan fingerprint density at radius 2 is 1.96 bits per heavy atom. The Morgan fingerprint density at radius 1 is 1.25 bits per heavy atom. The van der Waals surface area contributed by atoms with Crippen LogP contribution in [0.2, 0.25) is 0 Å². The normalized spacial score (nSPS) is 34.9. The number of carbonyl (C=O) groups excluding carboxylic acids is 3. The summed E-state index contributed by atoms with van der Waals surface area (Å²) in [4.78, 5) is 39.5. The van der Waals surface area contributed by atoms with Gasteiger partial charge in [-0.15, -0.1) is 0 Å². The molecule has 1 unspecified atom stereocenters. The largest absolute Gasteiger partial charge is 0.445 e. The number of Topliss-reactive ketones (excluding diaryl/α,β-unsaturated/α-hetero) is 1. The predicted molar refractivity (Wildman–Crippen MR) is 96.8 cm³/mol. The zero-order valence-corrected chi connectivity index (χ0v) is 15.9. The number of hydrogen-bond acceptors (Lipinski definition) is 6. The van der Waals surface area contributed by atoms with E-state index in [2.05, 4.69) is 5.32 Å². The first-order valence-electron chi connectivity index (χ1n) is 9.54. The van der Waals surface area contributed by atoms with Gasteiger partial charge in [0.2, 0.25) is 5.91 Å². The van der Waals surface area contributed by atoms with Gasteiger partial charge in [0.15, 0.2) is 18.4 Å². The first-order chi connectivity index (χ1) is 13.4. The Hall–Kier alpha value is -2.45. The minimum absolute atomic E-state index is 0.195. The van der Waals surface area contributed by atoms with Gasteiger partial charge in [-0.1, -0.05) is 30.3 Å².